The molecular formula is C11H18O2. The molecule has 0 aromatic heterocycles. The quantitative estimate of drug-likeness (QED) is 0.700. The molecule has 0 radical (unpaired) electrons. The van der Waals surface area contributed by atoms with Gasteiger partial charge in [-0.3, -0.25) is 0 Å². The van der Waals surface area contributed by atoms with Gasteiger partial charge in [0.1, 0.15) is 11.5 Å². The van der Waals surface area contributed by atoms with Crippen LogP contribution < -0.4 is 9.47 Å². The Morgan fingerprint density at radius 2 is 1.62 bits per heavy atom. The number of hydrogen-bond donors (Lipinski definition) is 0. The molecule has 0 fully saturated rings. The van der Waals surface area contributed by atoms with Crippen molar-refractivity contribution in [3.63, 3.8) is 0 Å². The molecule has 0 heterocycles. The Morgan fingerprint density at radius 1 is 1.00 bits per heavy atom. The third-order valence-electron chi connectivity index (χ3n) is 1.62. The van der Waals surface area contributed by atoms with Gasteiger partial charge in [0.25, 0.3) is 0 Å². The van der Waals surface area contributed by atoms with Crippen molar-refractivity contribution in [2.45, 2.75) is 20.8 Å². The SMILES string of the molecule is CC.COc1ccc(C)c(OC)c1. The third kappa shape index (κ3) is 3.36. The first-order valence-electron chi connectivity index (χ1n) is 4.46. The molecule has 2 nitrogen and oxygen atoms in total. The van der Waals surface area contributed by atoms with Crippen LogP contribution in [-0.4, -0.2) is 14.2 Å². The van der Waals surface area contributed by atoms with Crippen LogP contribution in [0.3, 0.4) is 0 Å². The second-order valence-electron chi connectivity index (χ2n) is 2.34. The zero-order valence-electron chi connectivity index (χ0n) is 9.05. The summed E-state index contributed by atoms with van der Waals surface area (Å²) in [6.45, 7) is 6.00. The van der Waals surface area contributed by atoms with Crippen molar-refractivity contribution >= 4 is 0 Å². The number of hydrogen-bond acceptors (Lipinski definition) is 2. The van der Waals surface area contributed by atoms with Crippen molar-refractivity contribution < 1.29 is 9.47 Å². The van der Waals surface area contributed by atoms with Gasteiger partial charge < -0.3 is 9.47 Å². The van der Waals surface area contributed by atoms with Gasteiger partial charge in [0.2, 0.25) is 0 Å². The number of rotatable bonds is 2. The molecular weight excluding hydrogens is 164 g/mol. The minimum Gasteiger partial charge on any atom is -0.497 e. The van der Waals surface area contributed by atoms with Crippen molar-refractivity contribution in [3.05, 3.63) is 23.8 Å². The molecule has 0 bridgehead atoms. The summed E-state index contributed by atoms with van der Waals surface area (Å²) in [7, 11) is 3.30. The molecule has 0 aliphatic heterocycles. The standard InChI is InChI=1S/C9H12O2.C2H6/c1-7-4-5-8(10-2)6-9(7)11-3;1-2/h4-6H,1-3H3;1-2H3. The molecule has 0 spiro atoms. The summed E-state index contributed by atoms with van der Waals surface area (Å²) in [5, 5.41) is 0. The van der Waals surface area contributed by atoms with Gasteiger partial charge in [0.15, 0.2) is 0 Å². The van der Waals surface area contributed by atoms with Crippen LogP contribution in [0.15, 0.2) is 18.2 Å². The summed E-state index contributed by atoms with van der Waals surface area (Å²) in [4.78, 5) is 0. The average Bonchev–Trinajstić information content (AvgIpc) is 2.22. The summed E-state index contributed by atoms with van der Waals surface area (Å²) in [6, 6.07) is 5.75. The van der Waals surface area contributed by atoms with Crippen molar-refractivity contribution in [2.75, 3.05) is 14.2 Å². The van der Waals surface area contributed by atoms with E-state index in [1.54, 1.807) is 14.2 Å². The smallest absolute Gasteiger partial charge is 0.125 e. The first kappa shape index (κ1) is 11.8. The number of methoxy groups -OCH3 is 2. The number of aryl methyl sites for hydroxylation is 1. The van der Waals surface area contributed by atoms with Gasteiger partial charge in [0.05, 0.1) is 14.2 Å². The van der Waals surface area contributed by atoms with Crippen LogP contribution in [-0.2, 0) is 0 Å². The highest BCUT2D eigenvalue weighted by molar-refractivity contribution is 5.39. The maximum Gasteiger partial charge on any atom is 0.125 e. The Hall–Kier alpha value is -1.18. The van der Waals surface area contributed by atoms with E-state index in [2.05, 4.69) is 0 Å². The molecule has 0 N–H and O–H groups in total. The molecule has 0 amide bonds. The number of ether oxygens (including phenoxy) is 2. The van der Waals surface area contributed by atoms with E-state index >= 15 is 0 Å². The molecule has 0 saturated heterocycles. The molecule has 2 heteroatoms. The topological polar surface area (TPSA) is 18.5 Å². The van der Waals surface area contributed by atoms with Gasteiger partial charge >= 0.3 is 0 Å². The van der Waals surface area contributed by atoms with Gasteiger partial charge in [-0.25, -0.2) is 0 Å². The fourth-order valence-electron chi connectivity index (χ4n) is 0.927. The highest BCUT2D eigenvalue weighted by Gasteiger charge is 1.98. The second-order valence-corrected chi connectivity index (χ2v) is 2.34. The summed E-state index contributed by atoms with van der Waals surface area (Å²) < 4.78 is 10.1. The Labute approximate surface area is 80.5 Å². The normalized spacial score (nSPS) is 8.38. The van der Waals surface area contributed by atoms with Crippen LogP contribution in [0.25, 0.3) is 0 Å². The fraction of sp³-hybridized carbons (Fsp3) is 0.455. The predicted molar refractivity (Wildman–Crippen MR) is 55.6 cm³/mol. The minimum absolute atomic E-state index is 0.826. The molecule has 0 saturated carbocycles. The molecule has 0 atom stereocenters. The van der Waals surface area contributed by atoms with Crippen LogP contribution in [0, 0.1) is 6.92 Å². The Balaban J connectivity index is 0.000000671. The first-order chi connectivity index (χ1) is 6.27. The molecule has 0 aliphatic rings. The van der Waals surface area contributed by atoms with Crippen molar-refractivity contribution in [1.29, 1.82) is 0 Å². The fourth-order valence-corrected chi connectivity index (χ4v) is 0.927. The molecule has 74 valence electrons. The molecule has 13 heavy (non-hydrogen) atoms. The van der Waals surface area contributed by atoms with Gasteiger partial charge in [-0.2, -0.15) is 0 Å². The average molecular weight is 182 g/mol. The van der Waals surface area contributed by atoms with Crippen LogP contribution in [0.5, 0.6) is 11.5 Å². The van der Waals surface area contributed by atoms with Gasteiger partial charge in [-0.15, -0.1) is 0 Å². The Bertz CT molecular complexity index is 244. The Kier molecular flexibility index (Phi) is 5.77. The summed E-state index contributed by atoms with van der Waals surface area (Å²) in [5.74, 6) is 1.69. The van der Waals surface area contributed by atoms with Crippen LogP contribution >= 0.6 is 0 Å². The maximum atomic E-state index is 5.11. The van der Waals surface area contributed by atoms with E-state index in [0.29, 0.717) is 0 Å². The van der Waals surface area contributed by atoms with Crippen LogP contribution in [0.4, 0.5) is 0 Å². The van der Waals surface area contributed by atoms with Crippen LogP contribution in [0.1, 0.15) is 19.4 Å². The van der Waals surface area contributed by atoms with Crippen LogP contribution in [0.2, 0.25) is 0 Å². The van der Waals surface area contributed by atoms with E-state index in [9.17, 15) is 0 Å². The molecule has 1 aromatic carbocycles. The monoisotopic (exact) mass is 182 g/mol. The van der Waals surface area contributed by atoms with Crippen molar-refractivity contribution in [2.24, 2.45) is 0 Å². The molecule has 0 aliphatic carbocycles. The largest absolute Gasteiger partial charge is 0.497 e. The lowest BCUT2D eigenvalue weighted by atomic mass is 10.2. The lowest BCUT2D eigenvalue weighted by molar-refractivity contribution is 0.392. The third-order valence-corrected chi connectivity index (χ3v) is 1.62. The summed E-state index contributed by atoms with van der Waals surface area (Å²) in [6.07, 6.45) is 0. The van der Waals surface area contributed by atoms with E-state index in [0.717, 1.165) is 17.1 Å². The summed E-state index contributed by atoms with van der Waals surface area (Å²) in [5.41, 5.74) is 1.12. The first-order valence-corrected chi connectivity index (χ1v) is 4.46. The highest BCUT2D eigenvalue weighted by Crippen LogP contribution is 2.22. The second kappa shape index (κ2) is 6.35. The molecule has 1 aromatic rings. The molecule has 0 unspecified atom stereocenters. The van der Waals surface area contributed by atoms with E-state index in [1.165, 1.54) is 0 Å². The predicted octanol–water partition coefficient (Wildman–Crippen LogP) is 3.04. The lowest BCUT2D eigenvalue weighted by Crippen LogP contribution is -1.88. The summed E-state index contributed by atoms with van der Waals surface area (Å²) >= 11 is 0. The van der Waals surface area contributed by atoms with E-state index in [1.807, 2.05) is 39.0 Å². The zero-order valence-corrected chi connectivity index (χ0v) is 9.05. The van der Waals surface area contributed by atoms with Gasteiger partial charge in [0, 0.05) is 6.07 Å². The van der Waals surface area contributed by atoms with Crippen molar-refractivity contribution in [3.8, 4) is 11.5 Å². The highest BCUT2D eigenvalue weighted by atomic mass is 16.5. The Morgan fingerprint density at radius 3 is 2.08 bits per heavy atom. The maximum absolute atomic E-state index is 5.11. The van der Waals surface area contributed by atoms with Gasteiger partial charge in [-0.1, -0.05) is 19.9 Å². The number of benzene rings is 1. The van der Waals surface area contributed by atoms with E-state index in [4.69, 9.17) is 9.47 Å². The van der Waals surface area contributed by atoms with Crippen molar-refractivity contribution in [1.82, 2.24) is 0 Å². The van der Waals surface area contributed by atoms with Gasteiger partial charge in [-0.05, 0) is 18.6 Å². The zero-order chi connectivity index (χ0) is 10.3. The minimum atomic E-state index is 0.826. The molecule has 1 rings (SSSR count). The lowest BCUT2D eigenvalue weighted by Gasteiger charge is -2.05. The van der Waals surface area contributed by atoms with E-state index < -0.39 is 0 Å². The van der Waals surface area contributed by atoms with E-state index in [-0.39, 0.29) is 0 Å².